The Morgan fingerprint density at radius 2 is 1.96 bits per heavy atom. The van der Waals surface area contributed by atoms with E-state index in [9.17, 15) is 17.6 Å². The number of alkyl halides is 3. The number of benzene rings is 1. The molecule has 1 heterocycles. The molecule has 27 heavy (non-hydrogen) atoms. The smallest absolute Gasteiger partial charge is 0.357 e. The van der Waals surface area contributed by atoms with Crippen LogP contribution in [0.15, 0.2) is 23.2 Å². The highest BCUT2D eigenvalue weighted by Crippen LogP contribution is 2.25. The van der Waals surface area contributed by atoms with Crippen LogP contribution >= 0.6 is 0 Å². The number of hydrogen-bond acceptors (Lipinski definition) is 3. The van der Waals surface area contributed by atoms with E-state index in [2.05, 4.69) is 10.3 Å². The maximum atomic E-state index is 13.9. The summed E-state index contributed by atoms with van der Waals surface area (Å²) in [6.45, 7) is 5.00. The van der Waals surface area contributed by atoms with Gasteiger partial charge in [0.15, 0.2) is 5.96 Å². The van der Waals surface area contributed by atoms with Crippen LogP contribution in [0.2, 0.25) is 0 Å². The monoisotopic (exact) mass is 385 g/mol. The molecule has 0 bridgehead atoms. The number of guanidine groups is 1. The first-order valence-electron chi connectivity index (χ1n) is 8.78. The Kier molecular flexibility index (Phi) is 7.02. The molecule has 1 aromatic carbocycles. The molecule has 0 saturated carbocycles. The molecule has 1 atom stereocenters. The molecule has 0 aliphatic carbocycles. The van der Waals surface area contributed by atoms with Crippen molar-refractivity contribution in [1.29, 1.82) is 5.26 Å². The van der Waals surface area contributed by atoms with E-state index in [-0.39, 0.29) is 19.6 Å². The summed E-state index contributed by atoms with van der Waals surface area (Å²) in [4.78, 5) is 7.67. The van der Waals surface area contributed by atoms with Crippen LogP contribution in [0.4, 0.5) is 17.6 Å². The highest BCUT2D eigenvalue weighted by atomic mass is 19.4. The van der Waals surface area contributed by atoms with Gasteiger partial charge in [-0.2, -0.15) is 18.4 Å². The van der Waals surface area contributed by atoms with Crippen molar-refractivity contribution in [3.8, 4) is 6.07 Å². The fourth-order valence-corrected chi connectivity index (χ4v) is 2.88. The van der Waals surface area contributed by atoms with Gasteiger partial charge in [0, 0.05) is 38.3 Å². The maximum Gasteiger partial charge on any atom is 0.403 e. The van der Waals surface area contributed by atoms with Crippen molar-refractivity contribution in [3.63, 3.8) is 0 Å². The molecule has 0 radical (unpaired) electrons. The van der Waals surface area contributed by atoms with Crippen molar-refractivity contribution in [2.75, 3.05) is 32.7 Å². The van der Waals surface area contributed by atoms with E-state index in [1.165, 1.54) is 30.0 Å². The van der Waals surface area contributed by atoms with Gasteiger partial charge in [-0.05, 0) is 32.0 Å². The molecule has 1 saturated heterocycles. The summed E-state index contributed by atoms with van der Waals surface area (Å²) in [7, 11) is 0. The maximum absolute atomic E-state index is 13.9. The minimum absolute atomic E-state index is 0.0445. The molecule has 1 aromatic rings. The lowest BCUT2D eigenvalue weighted by Crippen LogP contribution is -2.56. The Morgan fingerprint density at radius 3 is 2.52 bits per heavy atom. The van der Waals surface area contributed by atoms with Crippen molar-refractivity contribution in [3.05, 3.63) is 35.1 Å². The molecule has 148 valence electrons. The largest absolute Gasteiger partial charge is 0.403 e. The van der Waals surface area contributed by atoms with Crippen molar-refractivity contribution >= 4 is 5.96 Å². The number of halogens is 4. The molecule has 1 fully saturated rings. The predicted molar refractivity (Wildman–Crippen MR) is 94.6 cm³/mol. The van der Waals surface area contributed by atoms with Crippen molar-refractivity contribution in [2.24, 2.45) is 4.99 Å². The quantitative estimate of drug-likeness (QED) is 0.492. The fourth-order valence-electron chi connectivity index (χ4n) is 2.88. The third kappa shape index (κ3) is 5.57. The van der Waals surface area contributed by atoms with E-state index < -0.39 is 18.0 Å². The van der Waals surface area contributed by atoms with Gasteiger partial charge in [-0.3, -0.25) is 4.90 Å². The molecular weight excluding hydrogens is 362 g/mol. The summed E-state index contributed by atoms with van der Waals surface area (Å²) in [5, 5.41) is 12.0. The Labute approximate surface area is 156 Å². The first-order chi connectivity index (χ1) is 12.8. The van der Waals surface area contributed by atoms with Gasteiger partial charge < -0.3 is 10.2 Å². The molecule has 2 rings (SSSR count). The van der Waals surface area contributed by atoms with Crippen LogP contribution in [-0.2, 0) is 6.54 Å². The lowest BCUT2D eigenvalue weighted by Gasteiger charge is -2.39. The number of nitriles is 1. The molecule has 1 aliphatic heterocycles. The van der Waals surface area contributed by atoms with E-state index in [0.29, 0.717) is 36.7 Å². The van der Waals surface area contributed by atoms with Gasteiger partial charge in [0.05, 0.1) is 18.2 Å². The summed E-state index contributed by atoms with van der Waals surface area (Å²) in [5.74, 6) is 0.0796. The van der Waals surface area contributed by atoms with Gasteiger partial charge in [0.25, 0.3) is 0 Å². The topological polar surface area (TPSA) is 54.7 Å². The second kappa shape index (κ2) is 9.04. The van der Waals surface area contributed by atoms with Gasteiger partial charge in [0.2, 0.25) is 0 Å². The van der Waals surface area contributed by atoms with E-state index >= 15 is 0 Å². The minimum Gasteiger partial charge on any atom is -0.357 e. The molecule has 9 heteroatoms. The van der Waals surface area contributed by atoms with Gasteiger partial charge in [0.1, 0.15) is 11.9 Å². The SMILES string of the molecule is CCNC(=NCc1cc(C#N)ccc1F)N1CCN(C(C)C(F)(F)F)CC1. The van der Waals surface area contributed by atoms with E-state index in [1.807, 2.05) is 17.9 Å². The summed E-state index contributed by atoms with van der Waals surface area (Å²) in [5.41, 5.74) is 0.648. The van der Waals surface area contributed by atoms with Gasteiger partial charge in [-0.25, -0.2) is 9.38 Å². The third-order valence-corrected chi connectivity index (χ3v) is 4.54. The Hall–Kier alpha value is -2.34. The number of hydrogen-bond donors (Lipinski definition) is 1. The molecule has 1 unspecified atom stereocenters. The molecule has 1 aliphatic rings. The standard InChI is InChI=1S/C18H23F4N5/c1-3-24-17(25-12-15-10-14(11-23)4-5-16(15)19)27-8-6-26(7-9-27)13(2)18(20,21)22/h4-5,10,13H,3,6-9,12H2,1-2H3,(H,24,25). The average molecular weight is 385 g/mol. The van der Waals surface area contributed by atoms with E-state index in [0.717, 1.165) is 0 Å². The van der Waals surface area contributed by atoms with Gasteiger partial charge in [-0.15, -0.1) is 0 Å². The Morgan fingerprint density at radius 1 is 1.30 bits per heavy atom. The average Bonchev–Trinajstić information content (AvgIpc) is 2.65. The molecule has 0 aromatic heterocycles. The number of piperazine rings is 1. The lowest BCUT2D eigenvalue weighted by molar-refractivity contribution is -0.181. The number of rotatable bonds is 4. The zero-order valence-corrected chi connectivity index (χ0v) is 15.4. The lowest BCUT2D eigenvalue weighted by atomic mass is 10.1. The Bertz CT molecular complexity index is 703. The fraction of sp³-hybridized carbons (Fsp3) is 0.556. The highest BCUT2D eigenvalue weighted by molar-refractivity contribution is 5.80. The van der Waals surface area contributed by atoms with E-state index in [1.54, 1.807) is 0 Å². The second-order valence-electron chi connectivity index (χ2n) is 6.33. The van der Waals surface area contributed by atoms with Crippen molar-refractivity contribution in [2.45, 2.75) is 32.6 Å². The molecule has 5 nitrogen and oxygen atoms in total. The third-order valence-electron chi connectivity index (χ3n) is 4.54. The van der Waals surface area contributed by atoms with Crippen LogP contribution < -0.4 is 5.32 Å². The summed E-state index contributed by atoms with van der Waals surface area (Å²) >= 11 is 0. The highest BCUT2D eigenvalue weighted by Gasteiger charge is 2.41. The van der Waals surface area contributed by atoms with Crippen LogP contribution in [0.25, 0.3) is 0 Å². The second-order valence-corrected chi connectivity index (χ2v) is 6.33. The predicted octanol–water partition coefficient (Wildman–Crippen LogP) is 2.73. The number of nitrogens with one attached hydrogen (secondary N) is 1. The molecule has 0 spiro atoms. The zero-order chi connectivity index (χ0) is 20.0. The minimum atomic E-state index is -4.25. The van der Waals surface area contributed by atoms with Crippen LogP contribution in [0, 0.1) is 17.1 Å². The first-order valence-corrected chi connectivity index (χ1v) is 8.78. The van der Waals surface area contributed by atoms with Gasteiger partial charge >= 0.3 is 6.18 Å². The number of aliphatic imine (C=N–C) groups is 1. The van der Waals surface area contributed by atoms with Crippen LogP contribution in [0.1, 0.15) is 25.0 Å². The molecular formula is C18H23F4N5. The summed E-state index contributed by atoms with van der Waals surface area (Å²) in [6, 6.07) is 4.55. The van der Waals surface area contributed by atoms with Crippen molar-refractivity contribution in [1.82, 2.24) is 15.1 Å². The number of nitrogens with zero attached hydrogens (tertiary/aromatic N) is 4. The van der Waals surface area contributed by atoms with Crippen molar-refractivity contribution < 1.29 is 17.6 Å². The summed E-state index contributed by atoms with van der Waals surface area (Å²) < 4.78 is 52.5. The van der Waals surface area contributed by atoms with Crippen LogP contribution in [0.5, 0.6) is 0 Å². The van der Waals surface area contributed by atoms with Gasteiger partial charge in [-0.1, -0.05) is 0 Å². The summed E-state index contributed by atoms with van der Waals surface area (Å²) in [6.07, 6.45) is -4.25. The zero-order valence-electron chi connectivity index (χ0n) is 15.4. The molecule has 1 N–H and O–H groups in total. The normalized spacial score (nSPS) is 17.5. The van der Waals surface area contributed by atoms with Crippen LogP contribution in [0.3, 0.4) is 0 Å². The molecule has 0 amide bonds. The Balaban J connectivity index is 2.06. The van der Waals surface area contributed by atoms with Crippen LogP contribution in [-0.4, -0.2) is 60.7 Å². The first kappa shape index (κ1) is 21.0. The van der Waals surface area contributed by atoms with E-state index in [4.69, 9.17) is 5.26 Å².